The molecule has 1 aliphatic rings. The maximum atomic E-state index is 12.3. The maximum Gasteiger partial charge on any atom is 0.271 e. The van der Waals surface area contributed by atoms with Gasteiger partial charge in [-0.2, -0.15) is 5.10 Å². The normalized spacial score (nSPS) is 13.9. The van der Waals surface area contributed by atoms with Crippen LogP contribution < -0.4 is 5.43 Å². The van der Waals surface area contributed by atoms with Crippen LogP contribution in [0.15, 0.2) is 71.8 Å². The van der Waals surface area contributed by atoms with Crippen LogP contribution in [0.5, 0.6) is 0 Å². The molecule has 1 N–H and O–H groups in total. The van der Waals surface area contributed by atoms with Crippen molar-refractivity contribution in [2.24, 2.45) is 5.10 Å². The molecule has 30 heavy (non-hydrogen) atoms. The van der Waals surface area contributed by atoms with Crippen molar-refractivity contribution in [2.75, 3.05) is 6.54 Å². The van der Waals surface area contributed by atoms with Crippen LogP contribution >= 0.6 is 23.2 Å². The highest BCUT2D eigenvalue weighted by Gasteiger charge is 2.16. The Morgan fingerprint density at radius 3 is 2.40 bits per heavy atom. The first-order chi connectivity index (χ1) is 14.6. The van der Waals surface area contributed by atoms with Gasteiger partial charge in [0.2, 0.25) is 0 Å². The number of nitrogens with one attached hydrogen (secondary N) is 1. The Labute approximate surface area is 186 Å². The van der Waals surface area contributed by atoms with Crippen molar-refractivity contribution in [1.29, 1.82) is 0 Å². The molecule has 0 aromatic heterocycles. The van der Waals surface area contributed by atoms with Crippen LogP contribution in [-0.4, -0.2) is 23.6 Å². The lowest BCUT2D eigenvalue weighted by Gasteiger charge is -2.28. The summed E-state index contributed by atoms with van der Waals surface area (Å²) in [7, 11) is 0. The van der Waals surface area contributed by atoms with Gasteiger partial charge in [-0.05, 0) is 47.4 Å². The smallest absolute Gasteiger partial charge is 0.271 e. The van der Waals surface area contributed by atoms with Gasteiger partial charge in [0.15, 0.2) is 0 Å². The SMILES string of the molecule is O=C(N/N=C\c1c(Cl)cccc1Cl)c1ccc(CN2CCc3ccccc3C2)cc1. The van der Waals surface area contributed by atoms with E-state index in [1.54, 1.807) is 18.2 Å². The highest BCUT2D eigenvalue weighted by molar-refractivity contribution is 6.38. The third-order valence-corrected chi connectivity index (χ3v) is 5.85. The Morgan fingerprint density at radius 2 is 1.67 bits per heavy atom. The second kappa shape index (κ2) is 9.43. The fraction of sp³-hybridized carbons (Fsp3) is 0.167. The van der Waals surface area contributed by atoms with E-state index in [4.69, 9.17) is 23.2 Å². The van der Waals surface area contributed by atoms with Gasteiger partial charge in [0, 0.05) is 30.8 Å². The minimum Gasteiger partial charge on any atom is -0.294 e. The van der Waals surface area contributed by atoms with Crippen molar-refractivity contribution < 1.29 is 4.79 Å². The fourth-order valence-corrected chi connectivity index (χ4v) is 4.06. The van der Waals surface area contributed by atoms with Gasteiger partial charge in [-0.25, -0.2) is 5.43 Å². The first-order valence-electron chi connectivity index (χ1n) is 9.75. The summed E-state index contributed by atoms with van der Waals surface area (Å²) in [6.45, 7) is 2.86. The van der Waals surface area contributed by atoms with Crippen LogP contribution in [0, 0.1) is 0 Å². The summed E-state index contributed by atoms with van der Waals surface area (Å²) in [5, 5.41) is 4.93. The zero-order valence-electron chi connectivity index (χ0n) is 16.3. The molecule has 4 nitrogen and oxygen atoms in total. The summed E-state index contributed by atoms with van der Waals surface area (Å²) >= 11 is 12.2. The van der Waals surface area contributed by atoms with Crippen LogP contribution in [0.2, 0.25) is 10.0 Å². The molecule has 1 heterocycles. The second-order valence-corrected chi connectivity index (χ2v) is 8.08. The van der Waals surface area contributed by atoms with E-state index in [1.807, 2.05) is 24.3 Å². The minimum atomic E-state index is -0.284. The second-order valence-electron chi connectivity index (χ2n) is 7.26. The average Bonchev–Trinajstić information content (AvgIpc) is 2.76. The number of hydrogen-bond donors (Lipinski definition) is 1. The van der Waals surface area contributed by atoms with E-state index < -0.39 is 0 Å². The number of hydrogen-bond acceptors (Lipinski definition) is 3. The predicted octanol–water partition coefficient (Wildman–Crippen LogP) is 5.32. The summed E-state index contributed by atoms with van der Waals surface area (Å²) in [4.78, 5) is 14.8. The van der Waals surface area contributed by atoms with Gasteiger partial charge in [-0.1, -0.05) is 65.7 Å². The third-order valence-electron chi connectivity index (χ3n) is 5.19. The molecule has 3 aromatic carbocycles. The van der Waals surface area contributed by atoms with Crippen LogP contribution in [-0.2, 0) is 19.5 Å². The number of amides is 1. The molecule has 0 bridgehead atoms. The van der Waals surface area contributed by atoms with Crippen molar-refractivity contribution in [3.8, 4) is 0 Å². The molecule has 0 radical (unpaired) electrons. The minimum absolute atomic E-state index is 0.284. The molecule has 0 fully saturated rings. The molecular weight excluding hydrogens is 417 g/mol. The fourth-order valence-electron chi connectivity index (χ4n) is 3.56. The topological polar surface area (TPSA) is 44.7 Å². The molecule has 0 saturated carbocycles. The predicted molar refractivity (Wildman–Crippen MR) is 122 cm³/mol. The maximum absolute atomic E-state index is 12.3. The number of benzene rings is 3. The van der Waals surface area contributed by atoms with Gasteiger partial charge < -0.3 is 0 Å². The molecule has 0 saturated heterocycles. The molecule has 1 aliphatic heterocycles. The van der Waals surface area contributed by atoms with Crippen LogP contribution in [0.25, 0.3) is 0 Å². The summed E-state index contributed by atoms with van der Waals surface area (Å²) < 4.78 is 0. The van der Waals surface area contributed by atoms with Crippen molar-refractivity contribution in [1.82, 2.24) is 10.3 Å². The first-order valence-corrected chi connectivity index (χ1v) is 10.5. The van der Waals surface area contributed by atoms with Crippen LogP contribution in [0.4, 0.5) is 0 Å². The lowest BCUT2D eigenvalue weighted by atomic mass is 9.99. The van der Waals surface area contributed by atoms with Crippen LogP contribution in [0.3, 0.4) is 0 Å². The Hall–Kier alpha value is -2.66. The van der Waals surface area contributed by atoms with E-state index in [0.29, 0.717) is 21.2 Å². The van der Waals surface area contributed by atoms with E-state index in [2.05, 4.69) is 39.7 Å². The third kappa shape index (κ3) is 4.90. The first kappa shape index (κ1) is 20.6. The summed E-state index contributed by atoms with van der Waals surface area (Å²) in [5.41, 5.74) is 7.65. The van der Waals surface area contributed by atoms with Crippen molar-refractivity contribution in [3.05, 3.63) is 105 Å². The molecule has 0 unspecified atom stereocenters. The number of carbonyl (C=O) groups excluding carboxylic acids is 1. The Bertz CT molecular complexity index is 1060. The van der Waals surface area contributed by atoms with Gasteiger partial charge in [0.05, 0.1) is 16.3 Å². The zero-order chi connectivity index (χ0) is 20.9. The lowest BCUT2D eigenvalue weighted by Crippen LogP contribution is -2.30. The van der Waals surface area contributed by atoms with Gasteiger partial charge in [0.1, 0.15) is 0 Å². The van der Waals surface area contributed by atoms with Crippen molar-refractivity contribution >= 4 is 35.3 Å². The Balaban J connectivity index is 1.34. The highest BCUT2D eigenvalue weighted by atomic mass is 35.5. The number of hydrazone groups is 1. The molecule has 152 valence electrons. The zero-order valence-corrected chi connectivity index (χ0v) is 17.8. The molecule has 1 amide bonds. The molecule has 0 atom stereocenters. The van der Waals surface area contributed by atoms with Gasteiger partial charge >= 0.3 is 0 Å². The molecular formula is C24H21Cl2N3O. The Morgan fingerprint density at radius 1 is 0.967 bits per heavy atom. The van der Waals surface area contributed by atoms with Gasteiger partial charge in [-0.3, -0.25) is 9.69 Å². The standard InChI is InChI=1S/C24H21Cl2N3O/c25-22-6-3-7-23(26)21(22)14-27-28-24(30)19-10-8-17(9-11-19)15-29-13-12-18-4-1-2-5-20(18)16-29/h1-11,14H,12-13,15-16H2,(H,28,30)/b27-14-. The summed E-state index contributed by atoms with van der Waals surface area (Å²) in [6, 6.07) is 21.4. The van der Waals surface area contributed by atoms with E-state index in [-0.39, 0.29) is 5.91 Å². The number of rotatable bonds is 5. The summed E-state index contributed by atoms with van der Waals surface area (Å²) in [6.07, 6.45) is 2.52. The molecule has 4 rings (SSSR count). The molecule has 0 aliphatic carbocycles. The van der Waals surface area contributed by atoms with Gasteiger partial charge in [-0.15, -0.1) is 0 Å². The van der Waals surface area contributed by atoms with E-state index >= 15 is 0 Å². The van der Waals surface area contributed by atoms with Gasteiger partial charge in [0.25, 0.3) is 5.91 Å². The number of fused-ring (bicyclic) bond motifs is 1. The average molecular weight is 438 g/mol. The van der Waals surface area contributed by atoms with E-state index in [9.17, 15) is 4.79 Å². The molecule has 0 spiro atoms. The monoisotopic (exact) mass is 437 g/mol. The van der Waals surface area contributed by atoms with E-state index in [1.165, 1.54) is 22.9 Å². The summed E-state index contributed by atoms with van der Waals surface area (Å²) in [5.74, 6) is -0.284. The molecule has 6 heteroatoms. The largest absolute Gasteiger partial charge is 0.294 e. The van der Waals surface area contributed by atoms with Crippen molar-refractivity contribution in [3.63, 3.8) is 0 Å². The molecule has 3 aromatic rings. The lowest BCUT2D eigenvalue weighted by molar-refractivity contribution is 0.0955. The van der Waals surface area contributed by atoms with Crippen LogP contribution in [0.1, 0.15) is 32.6 Å². The van der Waals surface area contributed by atoms with Crippen molar-refractivity contribution in [2.45, 2.75) is 19.5 Å². The number of nitrogens with zero attached hydrogens (tertiary/aromatic N) is 2. The quantitative estimate of drug-likeness (QED) is 0.433. The number of halogens is 2. The Kier molecular flexibility index (Phi) is 6.48. The number of carbonyl (C=O) groups is 1. The highest BCUT2D eigenvalue weighted by Crippen LogP contribution is 2.22. The van der Waals surface area contributed by atoms with E-state index in [0.717, 1.165) is 26.1 Å².